The molecule has 1 N–H and O–H groups in total. The fourth-order valence-electron chi connectivity index (χ4n) is 4.34. The SMILES string of the molecule is Cc1cc(/C=C2/NC(=O)N(c3cccc(Cl)c3)C2=O)c(C)n1-c1ccc(OCc2ccccc2Cl)cc1. The Morgan fingerprint density at radius 2 is 1.65 bits per heavy atom. The monoisotopic (exact) mass is 531 g/mol. The third-order valence-electron chi connectivity index (χ3n) is 6.16. The van der Waals surface area contributed by atoms with Crippen molar-refractivity contribution in [2.24, 2.45) is 0 Å². The summed E-state index contributed by atoms with van der Waals surface area (Å²) < 4.78 is 7.98. The molecule has 6 nitrogen and oxygen atoms in total. The molecular weight excluding hydrogens is 509 g/mol. The van der Waals surface area contributed by atoms with Gasteiger partial charge in [-0.25, -0.2) is 9.69 Å². The van der Waals surface area contributed by atoms with E-state index in [0.29, 0.717) is 22.3 Å². The van der Waals surface area contributed by atoms with Crippen molar-refractivity contribution in [1.29, 1.82) is 0 Å². The molecule has 0 radical (unpaired) electrons. The number of hydrogen-bond donors (Lipinski definition) is 1. The Bertz CT molecular complexity index is 1540. The molecule has 8 heteroatoms. The van der Waals surface area contributed by atoms with Crippen LogP contribution in [0.25, 0.3) is 11.8 Å². The van der Waals surface area contributed by atoms with Crippen LogP contribution < -0.4 is 15.0 Å². The molecule has 1 fully saturated rings. The molecule has 0 bridgehead atoms. The number of urea groups is 1. The Hall–Kier alpha value is -4.00. The van der Waals surface area contributed by atoms with Gasteiger partial charge in [-0.2, -0.15) is 0 Å². The first kappa shape index (κ1) is 24.7. The first-order chi connectivity index (χ1) is 17.8. The number of aromatic nitrogens is 1. The van der Waals surface area contributed by atoms with Gasteiger partial charge in [-0.1, -0.05) is 47.5 Å². The van der Waals surface area contributed by atoms with Crippen LogP contribution in [-0.2, 0) is 11.4 Å². The Balaban J connectivity index is 1.36. The van der Waals surface area contributed by atoms with Crippen molar-refractivity contribution in [1.82, 2.24) is 9.88 Å². The summed E-state index contributed by atoms with van der Waals surface area (Å²) in [4.78, 5) is 26.7. The van der Waals surface area contributed by atoms with E-state index in [1.165, 1.54) is 0 Å². The third-order valence-corrected chi connectivity index (χ3v) is 6.77. The molecule has 4 aromatic rings. The van der Waals surface area contributed by atoms with E-state index in [4.69, 9.17) is 27.9 Å². The molecular formula is C29H23Cl2N3O3. The van der Waals surface area contributed by atoms with Gasteiger partial charge in [0, 0.05) is 32.7 Å². The average Bonchev–Trinajstić information content (AvgIpc) is 3.32. The number of rotatable bonds is 6. The maximum absolute atomic E-state index is 13.0. The number of benzene rings is 3. The molecule has 0 saturated carbocycles. The summed E-state index contributed by atoms with van der Waals surface area (Å²) in [5.41, 5.74) is 5.23. The zero-order valence-corrected chi connectivity index (χ0v) is 21.7. The van der Waals surface area contributed by atoms with Gasteiger partial charge in [0.2, 0.25) is 0 Å². The van der Waals surface area contributed by atoms with Gasteiger partial charge in [0.1, 0.15) is 18.1 Å². The summed E-state index contributed by atoms with van der Waals surface area (Å²) in [7, 11) is 0. The fraction of sp³-hybridized carbons (Fsp3) is 0.103. The number of carbonyl (C=O) groups is 2. The Labute approximate surface area is 224 Å². The molecule has 0 atom stereocenters. The number of hydrogen-bond acceptors (Lipinski definition) is 3. The van der Waals surface area contributed by atoms with Crippen LogP contribution in [0.4, 0.5) is 10.5 Å². The van der Waals surface area contributed by atoms with Crippen LogP contribution in [0, 0.1) is 13.8 Å². The summed E-state index contributed by atoms with van der Waals surface area (Å²) in [6.45, 7) is 4.34. The van der Waals surface area contributed by atoms with Crippen molar-refractivity contribution in [3.8, 4) is 11.4 Å². The van der Waals surface area contributed by atoms with E-state index in [-0.39, 0.29) is 5.70 Å². The van der Waals surface area contributed by atoms with Crippen LogP contribution in [0.1, 0.15) is 22.5 Å². The zero-order valence-electron chi connectivity index (χ0n) is 20.2. The zero-order chi connectivity index (χ0) is 26.1. The normalized spacial score (nSPS) is 14.4. The Morgan fingerprint density at radius 3 is 2.38 bits per heavy atom. The van der Waals surface area contributed by atoms with Gasteiger partial charge >= 0.3 is 6.03 Å². The maximum atomic E-state index is 13.0. The summed E-state index contributed by atoms with van der Waals surface area (Å²) in [5, 5.41) is 3.79. The quantitative estimate of drug-likeness (QED) is 0.213. The Morgan fingerprint density at radius 1 is 0.892 bits per heavy atom. The number of imide groups is 1. The van der Waals surface area contributed by atoms with Gasteiger partial charge in [0.05, 0.1) is 5.69 Å². The van der Waals surface area contributed by atoms with Gasteiger partial charge in [-0.05, 0) is 80.1 Å². The number of aryl methyl sites for hydroxylation is 1. The first-order valence-electron chi connectivity index (χ1n) is 11.6. The number of halogens is 2. The molecule has 1 saturated heterocycles. The molecule has 1 aliphatic heterocycles. The van der Waals surface area contributed by atoms with Crippen molar-refractivity contribution >= 4 is 46.9 Å². The standard InChI is InChI=1S/C29H23Cl2N3O3/c1-18-14-21(15-27-28(35)34(29(36)32-27)24-8-5-7-22(30)16-24)19(2)33(18)23-10-12-25(13-11-23)37-17-20-6-3-4-9-26(20)31/h3-16H,17H2,1-2H3,(H,32,36)/b27-15+. The number of carbonyl (C=O) groups excluding carboxylic acids is 2. The molecule has 3 amide bonds. The summed E-state index contributed by atoms with van der Waals surface area (Å²) in [6, 6.07) is 23.5. The molecule has 0 aliphatic carbocycles. The highest BCUT2D eigenvalue weighted by Gasteiger charge is 2.35. The summed E-state index contributed by atoms with van der Waals surface area (Å²) in [5.74, 6) is 0.297. The van der Waals surface area contributed by atoms with Crippen LogP contribution in [0.3, 0.4) is 0 Å². The third kappa shape index (κ3) is 4.99. The number of amides is 3. The fourth-order valence-corrected chi connectivity index (χ4v) is 4.71. The van der Waals surface area contributed by atoms with Gasteiger partial charge < -0.3 is 14.6 Å². The van der Waals surface area contributed by atoms with E-state index >= 15 is 0 Å². The number of nitrogens with zero attached hydrogens (tertiary/aromatic N) is 2. The van der Waals surface area contributed by atoms with E-state index in [1.54, 1.807) is 30.3 Å². The van der Waals surface area contributed by atoms with E-state index in [1.807, 2.05) is 68.4 Å². The molecule has 2 heterocycles. The largest absolute Gasteiger partial charge is 0.489 e. The van der Waals surface area contributed by atoms with Crippen molar-refractivity contribution in [3.63, 3.8) is 0 Å². The van der Waals surface area contributed by atoms with Crippen LogP contribution in [0.2, 0.25) is 10.0 Å². The highest BCUT2D eigenvalue weighted by Crippen LogP contribution is 2.28. The predicted octanol–water partition coefficient (Wildman–Crippen LogP) is 7.08. The minimum absolute atomic E-state index is 0.202. The smallest absolute Gasteiger partial charge is 0.333 e. The second-order valence-corrected chi connectivity index (χ2v) is 9.49. The van der Waals surface area contributed by atoms with Crippen LogP contribution in [0.5, 0.6) is 5.75 Å². The minimum atomic E-state index is -0.514. The first-order valence-corrected chi connectivity index (χ1v) is 12.4. The predicted molar refractivity (Wildman–Crippen MR) is 146 cm³/mol. The number of nitrogens with one attached hydrogen (secondary N) is 1. The van der Waals surface area contributed by atoms with Crippen molar-refractivity contribution < 1.29 is 14.3 Å². The molecule has 1 aliphatic rings. The lowest BCUT2D eigenvalue weighted by Crippen LogP contribution is -2.30. The van der Waals surface area contributed by atoms with E-state index in [2.05, 4.69) is 9.88 Å². The highest BCUT2D eigenvalue weighted by molar-refractivity contribution is 6.32. The van der Waals surface area contributed by atoms with Crippen molar-refractivity contribution in [2.75, 3.05) is 4.90 Å². The van der Waals surface area contributed by atoms with Crippen molar-refractivity contribution in [2.45, 2.75) is 20.5 Å². The van der Waals surface area contributed by atoms with Gasteiger partial charge in [0.25, 0.3) is 5.91 Å². The Kier molecular flexibility index (Phi) is 6.78. The van der Waals surface area contributed by atoms with E-state index in [9.17, 15) is 9.59 Å². The molecule has 37 heavy (non-hydrogen) atoms. The summed E-state index contributed by atoms with van der Waals surface area (Å²) >= 11 is 12.3. The second kappa shape index (κ2) is 10.2. The van der Waals surface area contributed by atoms with Gasteiger partial charge in [0.15, 0.2) is 0 Å². The average molecular weight is 532 g/mol. The lowest BCUT2D eigenvalue weighted by molar-refractivity contribution is -0.113. The van der Waals surface area contributed by atoms with Crippen LogP contribution in [-0.4, -0.2) is 16.5 Å². The minimum Gasteiger partial charge on any atom is -0.489 e. The topological polar surface area (TPSA) is 63.6 Å². The molecule has 0 unspecified atom stereocenters. The van der Waals surface area contributed by atoms with E-state index in [0.717, 1.165) is 38.9 Å². The lowest BCUT2D eigenvalue weighted by Gasteiger charge is -2.12. The molecule has 0 spiro atoms. The lowest BCUT2D eigenvalue weighted by atomic mass is 10.2. The second-order valence-electron chi connectivity index (χ2n) is 8.64. The molecule has 1 aromatic heterocycles. The van der Waals surface area contributed by atoms with Crippen molar-refractivity contribution in [3.05, 3.63) is 117 Å². The number of anilines is 1. The van der Waals surface area contributed by atoms with Crippen LogP contribution in [0.15, 0.2) is 84.6 Å². The van der Waals surface area contributed by atoms with E-state index < -0.39 is 11.9 Å². The molecule has 5 rings (SSSR count). The van der Waals surface area contributed by atoms with Crippen LogP contribution >= 0.6 is 23.2 Å². The number of ether oxygens (including phenoxy) is 1. The summed E-state index contributed by atoms with van der Waals surface area (Å²) in [6.07, 6.45) is 1.70. The highest BCUT2D eigenvalue weighted by atomic mass is 35.5. The van der Waals surface area contributed by atoms with Gasteiger partial charge in [-0.3, -0.25) is 4.79 Å². The molecule has 3 aromatic carbocycles. The van der Waals surface area contributed by atoms with Gasteiger partial charge in [-0.15, -0.1) is 0 Å². The molecule has 186 valence electrons. The maximum Gasteiger partial charge on any atom is 0.333 e.